The molecule has 0 aliphatic rings. The van der Waals surface area contributed by atoms with E-state index >= 15 is 0 Å². The lowest BCUT2D eigenvalue weighted by molar-refractivity contribution is 0.0952. The Balaban J connectivity index is 2.10. The summed E-state index contributed by atoms with van der Waals surface area (Å²) in [5.74, 6) is -0.246. The topological polar surface area (TPSA) is 66.5 Å². The molecule has 0 aliphatic carbocycles. The molecule has 0 saturated heterocycles. The molecule has 0 spiro atoms. The molecule has 0 bridgehead atoms. The monoisotopic (exact) mass is 374 g/mol. The van der Waals surface area contributed by atoms with Crippen LogP contribution in [0.3, 0.4) is 0 Å². The molecule has 26 heavy (non-hydrogen) atoms. The third-order valence-electron chi connectivity index (χ3n) is 4.12. The minimum atomic E-state index is -3.67. The zero-order valence-electron chi connectivity index (χ0n) is 15.3. The number of amides is 1. The van der Waals surface area contributed by atoms with Gasteiger partial charge in [-0.25, -0.2) is 8.42 Å². The molecular formula is C20H26N2O3S. The van der Waals surface area contributed by atoms with Gasteiger partial charge in [-0.3, -0.25) is 4.79 Å². The third kappa shape index (κ3) is 5.41. The number of hydrogen-bond acceptors (Lipinski definition) is 3. The number of rotatable bonds is 9. The van der Waals surface area contributed by atoms with Crippen LogP contribution in [0, 0.1) is 0 Å². The summed E-state index contributed by atoms with van der Waals surface area (Å²) in [5, 5.41) is 2.83. The Hall–Kier alpha value is -2.18. The van der Waals surface area contributed by atoms with E-state index in [1.165, 1.54) is 16.4 Å². The van der Waals surface area contributed by atoms with Crippen LogP contribution < -0.4 is 5.32 Å². The molecule has 0 fully saturated rings. The second-order valence-corrected chi connectivity index (χ2v) is 8.28. The van der Waals surface area contributed by atoms with E-state index in [4.69, 9.17) is 0 Å². The van der Waals surface area contributed by atoms with Crippen LogP contribution in [-0.4, -0.2) is 32.2 Å². The van der Waals surface area contributed by atoms with Gasteiger partial charge in [-0.15, -0.1) is 0 Å². The summed E-state index contributed by atoms with van der Waals surface area (Å²) in [7, 11) is -2.13. The number of unbranched alkanes of at least 4 members (excludes halogenated alkanes) is 2. The Bertz CT molecular complexity index is 820. The Morgan fingerprint density at radius 3 is 2.46 bits per heavy atom. The maximum atomic E-state index is 12.8. The van der Waals surface area contributed by atoms with Crippen molar-refractivity contribution in [1.82, 2.24) is 9.62 Å². The van der Waals surface area contributed by atoms with Gasteiger partial charge in [0.25, 0.3) is 5.91 Å². The molecule has 2 aromatic carbocycles. The largest absolute Gasteiger partial charge is 0.352 e. The highest BCUT2D eigenvalue weighted by Gasteiger charge is 2.22. The lowest BCUT2D eigenvalue weighted by Gasteiger charge is -2.17. The number of carbonyl (C=O) groups excluding carboxylic acids is 1. The van der Waals surface area contributed by atoms with Crippen molar-refractivity contribution in [1.29, 1.82) is 0 Å². The Labute approximate surface area is 156 Å². The molecule has 1 amide bonds. The van der Waals surface area contributed by atoms with Crippen LogP contribution in [-0.2, 0) is 16.6 Å². The van der Waals surface area contributed by atoms with E-state index < -0.39 is 10.0 Å². The van der Waals surface area contributed by atoms with E-state index in [-0.39, 0.29) is 17.3 Å². The normalized spacial score (nSPS) is 11.5. The van der Waals surface area contributed by atoms with Crippen LogP contribution in [0.1, 0.15) is 42.1 Å². The average molecular weight is 375 g/mol. The van der Waals surface area contributed by atoms with E-state index in [9.17, 15) is 13.2 Å². The zero-order valence-corrected chi connectivity index (χ0v) is 16.1. The van der Waals surface area contributed by atoms with E-state index in [0.717, 1.165) is 24.8 Å². The van der Waals surface area contributed by atoms with Crippen molar-refractivity contribution >= 4 is 15.9 Å². The van der Waals surface area contributed by atoms with Gasteiger partial charge in [-0.2, -0.15) is 4.31 Å². The van der Waals surface area contributed by atoms with Gasteiger partial charge in [0.1, 0.15) is 0 Å². The quantitative estimate of drug-likeness (QED) is 0.684. The molecule has 140 valence electrons. The zero-order chi connectivity index (χ0) is 19.0. The molecule has 6 heteroatoms. The van der Waals surface area contributed by atoms with Crippen LogP contribution in [0.2, 0.25) is 0 Å². The first kappa shape index (κ1) is 20.1. The standard InChI is InChI=1S/C20H26N2O3S/c1-3-4-8-14-21-20(23)18-12-9-13-19(15-18)26(24,25)22(2)16-17-10-6-5-7-11-17/h5-7,9-13,15H,3-4,8,14,16H2,1-2H3,(H,21,23). The number of benzene rings is 2. The maximum absolute atomic E-state index is 12.8. The predicted molar refractivity (Wildman–Crippen MR) is 103 cm³/mol. The average Bonchev–Trinajstić information content (AvgIpc) is 2.66. The highest BCUT2D eigenvalue weighted by atomic mass is 32.2. The van der Waals surface area contributed by atoms with Crippen molar-refractivity contribution in [2.45, 2.75) is 37.6 Å². The van der Waals surface area contributed by atoms with Crippen LogP contribution in [0.25, 0.3) is 0 Å². The molecule has 1 N–H and O–H groups in total. The number of nitrogens with zero attached hydrogens (tertiary/aromatic N) is 1. The predicted octanol–water partition coefficient (Wildman–Crippen LogP) is 3.43. The van der Waals surface area contributed by atoms with Crippen molar-refractivity contribution < 1.29 is 13.2 Å². The number of hydrogen-bond donors (Lipinski definition) is 1. The Morgan fingerprint density at radius 1 is 1.04 bits per heavy atom. The first-order valence-corrected chi connectivity index (χ1v) is 10.3. The summed E-state index contributed by atoms with van der Waals surface area (Å²) < 4.78 is 26.9. The van der Waals surface area contributed by atoms with Gasteiger partial charge >= 0.3 is 0 Å². The maximum Gasteiger partial charge on any atom is 0.251 e. The number of sulfonamides is 1. The molecule has 0 aromatic heterocycles. The summed E-state index contributed by atoms with van der Waals surface area (Å²) in [4.78, 5) is 12.4. The summed E-state index contributed by atoms with van der Waals surface area (Å²) in [5.41, 5.74) is 1.26. The van der Waals surface area contributed by atoms with E-state index in [0.29, 0.717) is 12.1 Å². The summed E-state index contributed by atoms with van der Waals surface area (Å²) >= 11 is 0. The molecule has 0 saturated carbocycles. The molecule has 0 heterocycles. The van der Waals surface area contributed by atoms with Gasteiger partial charge in [0, 0.05) is 25.7 Å². The Morgan fingerprint density at radius 2 is 1.77 bits per heavy atom. The highest BCUT2D eigenvalue weighted by molar-refractivity contribution is 7.89. The second-order valence-electron chi connectivity index (χ2n) is 6.24. The van der Waals surface area contributed by atoms with Gasteiger partial charge in [0.05, 0.1) is 4.90 Å². The van der Waals surface area contributed by atoms with Gasteiger partial charge in [0.15, 0.2) is 0 Å². The fraction of sp³-hybridized carbons (Fsp3) is 0.350. The van der Waals surface area contributed by atoms with Gasteiger partial charge < -0.3 is 5.32 Å². The molecule has 0 aliphatic heterocycles. The molecule has 2 aromatic rings. The lowest BCUT2D eigenvalue weighted by atomic mass is 10.2. The molecule has 0 unspecified atom stereocenters. The minimum Gasteiger partial charge on any atom is -0.352 e. The minimum absolute atomic E-state index is 0.122. The third-order valence-corrected chi connectivity index (χ3v) is 5.92. The van der Waals surface area contributed by atoms with Crippen molar-refractivity contribution in [3.8, 4) is 0 Å². The molecular weight excluding hydrogens is 348 g/mol. The van der Waals surface area contributed by atoms with Crippen molar-refractivity contribution in [2.75, 3.05) is 13.6 Å². The van der Waals surface area contributed by atoms with Crippen LogP contribution in [0.15, 0.2) is 59.5 Å². The molecule has 2 rings (SSSR count). The first-order chi connectivity index (χ1) is 12.4. The number of carbonyl (C=O) groups is 1. The lowest BCUT2D eigenvalue weighted by Crippen LogP contribution is -2.27. The van der Waals surface area contributed by atoms with Crippen LogP contribution in [0.4, 0.5) is 0 Å². The van der Waals surface area contributed by atoms with Crippen molar-refractivity contribution in [3.05, 3.63) is 65.7 Å². The molecule has 0 radical (unpaired) electrons. The van der Waals surface area contributed by atoms with Crippen molar-refractivity contribution in [3.63, 3.8) is 0 Å². The van der Waals surface area contributed by atoms with Crippen molar-refractivity contribution in [2.24, 2.45) is 0 Å². The van der Waals surface area contributed by atoms with E-state index in [1.54, 1.807) is 19.2 Å². The van der Waals surface area contributed by atoms with E-state index in [1.807, 2.05) is 30.3 Å². The highest BCUT2D eigenvalue weighted by Crippen LogP contribution is 2.18. The summed E-state index contributed by atoms with van der Waals surface area (Å²) in [6, 6.07) is 15.6. The smallest absolute Gasteiger partial charge is 0.251 e. The Kier molecular flexibility index (Phi) is 7.36. The van der Waals surface area contributed by atoms with Gasteiger partial charge in [-0.05, 0) is 30.2 Å². The molecule has 5 nitrogen and oxygen atoms in total. The number of nitrogens with one attached hydrogen (secondary N) is 1. The molecule has 0 atom stereocenters. The van der Waals surface area contributed by atoms with Gasteiger partial charge in [-0.1, -0.05) is 56.2 Å². The SMILES string of the molecule is CCCCCNC(=O)c1cccc(S(=O)(=O)N(C)Cc2ccccc2)c1. The first-order valence-electron chi connectivity index (χ1n) is 8.83. The fourth-order valence-corrected chi connectivity index (χ4v) is 3.79. The van der Waals surface area contributed by atoms with E-state index in [2.05, 4.69) is 12.2 Å². The van der Waals surface area contributed by atoms with Crippen LogP contribution in [0.5, 0.6) is 0 Å². The summed E-state index contributed by atoms with van der Waals surface area (Å²) in [6.45, 7) is 2.97. The van der Waals surface area contributed by atoms with Gasteiger partial charge in [0.2, 0.25) is 10.0 Å². The second kappa shape index (κ2) is 9.50. The van der Waals surface area contributed by atoms with Crippen LogP contribution >= 0.6 is 0 Å². The fourth-order valence-electron chi connectivity index (χ4n) is 2.58. The summed E-state index contributed by atoms with van der Waals surface area (Å²) in [6.07, 6.45) is 3.05.